The molecule has 0 spiro atoms. The SMILES string of the molecule is CN=C(NCC(C)N1CCc2ccccc2C1)N1CCC(c2cnn(C)c2)C1. The number of guanidine groups is 1. The Balaban J connectivity index is 1.30. The lowest BCUT2D eigenvalue weighted by atomic mass is 9.99. The van der Waals surface area contributed by atoms with Crippen molar-refractivity contribution in [2.24, 2.45) is 12.0 Å². The van der Waals surface area contributed by atoms with E-state index in [0.717, 1.165) is 51.5 Å². The molecule has 150 valence electrons. The van der Waals surface area contributed by atoms with Gasteiger partial charge in [0, 0.05) is 65.0 Å². The highest BCUT2D eigenvalue weighted by Gasteiger charge is 2.27. The maximum Gasteiger partial charge on any atom is 0.193 e. The molecular weight excluding hydrogens is 348 g/mol. The number of fused-ring (bicyclic) bond motifs is 1. The van der Waals surface area contributed by atoms with Crippen molar-refractivity contribution < 1.29 is 0 Å². The predicted molar refractivity (Wildman–Crippen MR) is 114 cm³/mol. The van der Waals surface area contributed by atoms with E-state index < -0.39 is 0 Å². The lowest BCUT2D eigenvalue weighted by Gasteiger charge is -2.34. The van der Waals surface area contributed by atoms with Crippen LogP contribution in [0.25, 0.3) is 0 Å². The molecule has 0 bridgehead atoms. The Morgan fingerprint density at radius 1 is 1.29 bits per heavy atom. The number of aliphatic imine (C=N–C) groups is 1. The summed E-state index contributed by atoms with van der Waals surface area (Å²) in [5.41, 5.74) is 4.32. The quantitative estimate of drug-likeness (QED) is 0.653. The van der Waals surface area contributed by atoms with Gasteiger partial charge in [-0.1, -0.05) is 24.3 Å². The van der Waals surface area contributed by atoms with Gasteiger partial charge >= 0.3 is 0 Å². The third-order valence-electron chi connectivity index (χ3n) is 6.23. The average molecular weight is 381 g/mol. The van der Waals surface area contributed by atoms with Crippen LogP contribution in [0.5, 0.6) is 0 Å². The maximum absolute atomic E-state index is 4.55. The first-order chi connectivity index (χ1) is 13.6. The van der Waals surface area contributed by atoms with Gasteiger partial charge in [-0.25, -0.2) is 0 Å². The average Bonchev–Trinajstić information content (AvgIpc) is 3.37. The molecule has 2 aliphatic rings. The van der Waals surface area contributed by atoms with Gasteiger partial charge in [-0.3, -0.25) is 14.6 Å². The van der Waals surface area contributed by atoms with E-state index in [1.165, 1.54) is 16.7 Å². The summed E-state index contributed by atoms with van der Waals surface area (Å²) in [5.74, 6) is 1.57. The molecule has 1 fully saturated rings. The summed E-state index contributed by atoms with van der Waals surface area (Å²) < 4.78 is 1.89. The number of likely N-dealkylation sites (tertiary alicyclic amines) is 1. The van der Waals surface area contributed by atoms with Crippen molar-refractivity contribution in [3.05, 3.63) is 53.3 Å². The first-order valence-corrected chi connectivity index (χ1v) is 10.4. The molecule has 2 atom stereocenters. The molecular formula is C22H32N6. The van der Waals surface area contributed by atoms with Crippen LogP contribution in [0.4, 0.5) is 0 Å². The fourth-order valence-corrected chi connectivity index (χ4v) is 4.47. The zero-order chi connectivity index (χ0) is 19.5. The molecule has 0 saturated carbocycles. The van der Waals surface area contributed by atoms with Crippen molar-refractivity contribution >= 4 is 5.96 Å². The second-order valence-corrected chi connectivity index (χ2v) is 8.15. The van der Waals surface area contributed by atoms with Gasteiger partial charge in [0.25, 0.3) is 0 Å². The van der Waals surface area contributed by atoms with Crippen molar-refractivity contribution in [1.82, 2.24) is 24.9 Å². The van der Waals surface area contributed by atoms with Gasteiger partial charge in [-0.15, -0.1) is 0 Å². The van der Waals surface area contributed by atoms with Crippen molar-refractivity contribution in [1.29, 1.82) is 0 Å². The van der Waals surface area contributed by atoms with Crippen molar-refractivity contribution in [3.8, 4) is 0 Å². The minimum atomic E-state index is 0.474. The van der Waals surface area contributed by atoms with E-state index in [4.69, 9.17) is 0 Å². The van der Waals surface area contributed by atoms with Crippen LogP contribution in [0.2, 0.25) is 0 Å². The summed E-state index contributed by atoms with van der Waals surface area (Å²) in [6.07, 6.45) is 6.44. The van der Waals surface area contributed by atoms with Crippen LogP contribution in [0.1, 0.15) is 36.0 Å². The highest BCUT2D eigenvalue weighted by Crippen LogP contribution is 2.26. The Hall–Kier alpha value is -2.34. The second kappa shape index (κ2) is 8.35. The van der Waals surface area contributed by atoms with E-state index in [0.29, 0.717) is 12.0 Å². The van der Waals surface area contributed by atoms with E-state index in [-0.39, 0.29) is 0 Å². The number of aromatic nitrogens is 2. The number of rotatable bonds is 4. The predicted octanol–water partition coefficient (Wildman–Crippen LogP) is 2.23. The van der Waals surface area contributed by atoms with E-state index in [1.807, 2.05) is 25.0 Å². The smallest absolute Gasteiger partial charge is 0.193 e. The molecule has 0 aliphatic carbocycles. The summed E-state index contributed by atoms with van der Waals surface area (Å²) in [7, 11) is 3.87. The number of nitrogens with one attached hydrogen (secondary N) is 1. The van der Waals surface area contributed by atoms with Crippen molar-refractivity contribution in [3.63, 3.8) is 0 Å². The molecule has 2 aromatic rings. The van der Waals surface area contributed by atoms with Gasteiger partial charge < -0.3 is 10.2 Å². The zero-order valence-corrected chi connectivity index (χ0v) is 17.3. The van der Waals surface area contributed by atoms with Crippen LogP contribution < -0.4 is 5.32 Å². The fourth-order valence-electron chi connectivity index (χ4n) is 4.47. The molecule has 1 saturated heterocycles. The van der Waals surface area contributed by atoms with Gasteiger partial charge in [-0.05, 0) is 36.5 Å². The minimum Gasteiger partial charge on any atom is -0.355 e. The standard InChI is InChI=1S/C22H32N6/c1-17(27-10-8-18-6-4-5-7-19(18)15-27)12-24-22(23-2)28-11-9-20(16-28)21-13-25-26(3)14-21/h4-7,13-14,17,20H,8-12,15-16H2,1-3H3,(H,23,24). The zero-order valence-electron chi connectivity index (χ0n) is 17.3. The largest absolute Gasteiger partial charge is 0.355 e. The van der Waals surface area contributed by atoms with Crippen molar-refractivity contribution in [2.45, 2.75) is 38.3 Å². The first kappa shape index (κ1) is 19.0. The topological polar surface area (TPSA) is 48.7 Å². The Labute approximate surface area is 168 Å². The Kier molecular flexibility index (Phi) is 5.67. The molecule has 2 aliphatic heterocycles. The maximum atomic E-state index is 4.55. The van der Waals surface area contributed by atoms with Crippen LogP contribution >= 0.6 is 0 Å². The lowest BCUT2D eigenvalue weighted by molar-refractivity contribution is 0.190. The Morgan fingerprint density at radius 2 is 2.11 bits per heavy atom. The Bertz CT molecular complexity index is 826. The highest BCUT2D eigenvalue weighted by molar-refractivity contribution is 5.80. The van der Waals surface area contributed by atoms with Crippen LogP contribution in [-0.2, 0) is 20.0 Å². The summed E-state index contributed by atoms with van der Waals surface area (Å²) in [6, 6.07) is 9.31. The fraction of sp³-hybridized carbons (Fsp3) is 0.545. The Morgan fingerprint density at radius 3 is 2.86 bits per heavy atom. The molecule has 1 N–H and O–H groups in total. The summed E-state index contributed by atoms with van der Waals surface area (Å²) >= 11 is 0. The van der Waals surface area contributed by atoms with E-state index in [2.05, 4.69) is 62.6 Å². The number of hydrogen-bond donors (Lipinski definition) is 1. The number of nitrogens with zero attached hydrogens (tertiary/aromatic N) is 5. The third kappa shape index (κ3) is 4.07. The summed E-state index contributed by atoms with van der Waals surface area (Å²) in [6.45, 7) is 7.47. The van der Waals surface area contributed by atoms with Crippen LogP contribution in [-0.4, -0.2) is 64.8 Å². The van der Waals surface area contributed by atoms with Crippen LogP contribution in [0.3, 0.4) is 0 Å². The molecule has 2 unspecified atom stereocenters. The number of aryl methyl sites for hydroxylation is 1. The van der Waals surface area contributed by atoms with E-state index in [1.54, 1.807) is 0 Å². The molecule has 0 amide bonds. The van der Waals surface area contributed by atoms with Gasteiger partial charge in [0.1, 0.15) is 0 Å². The molecule has 28 heavy (non-hydrogen) atoms. The summed E-state index contributed by atoms with van der Waals surface area (Å²) in [5, 5.41) is 7.95. The van der Waals surface area contributed by atoms with E-state index >= 15 is 0 Å². The second-order valence-electron chi connectivity index (χ2n) is 8.15. The number of hydrogen-bond acceptors (Lipinski definition) is 3. The van der Waals surface area contributed by atoms with Gasteiger partial charge in [0.15, 0.2) is 5.96 Å². The lowest BCUT2D eigenvalue weighted by Crippen LogP contribution is -2.48. The molecule has 1 aromatic carbocycles. The van der Waals surface area contributed by atoms with Crippen LogP contribution in [0.15, 0.2) is 41.7 Å². The minimum absolute atomic E-state index is 0.474. The highest BCUT2D eigenvalue weighted by atomic mass is 15.3. The number of benzene rings is 1. The normalized spacial score (nSPS) is 21.6. The van der Waals surface area contributed by atoms with E-state index in [9.17, 15) is 0 Å². The van der Waals surface area contributed by atoms with Crippen LogP contribution in [0, 0.1) is 0 Å². The van der Waals surface area contributed by atoms with Gasteiger partial charge in [0.05, 0.1) is 6.20 Å². The first-order valence-electron chi connectivity index (χ1n) is 10.4. The molecule has 3 heterocycles. The molecule has 6 heteroatoms. The molecule has 0 radical (unpaired) electrons. The van der Waals surface area contributed by atoms with Gasteiger partial charge in [-0.2, -0.15) is 5.10 Å². The monoisotopic (exact) mass is 380 g/mol. The summed E-state index contributed by atoms with van der Waals surface area (Å²) in [4.78, 5) is 9.51. The third-order valence-corrected chi connectivity index (χ3v) is 6.23. The van der Waals surface area contributed by atoms with Gasteiger partial charge in [0.2, 0.25) is 0 Å². The van der Waals surface area contributed by atoms with Crippen molar-refractivity contribution in [2.75, 3.05) is 33.2 Å². The molecule has 4 rings (SSSR count). The molecule has 6 nitrogen and oxygen atoms in total. The molecule has 1 aromatic heterocycles.